The topological polar surface area (TPSA) is 49.4 Å². The fraction of sp³-hybridized carbons (Fsp3) is 0.714. The number of likely N-dealkylation sites (tertiary alicyclic amines) is 1. The van der Waals surface area contributed by atoms with E-state index < -0.39 is 10.0 Å². The third-order valence-corrected chi connectivity index (χ3v) is 6.89. The Morgan fingerprint density at radius 3 is 2.50 bits per heavy atom. The predicted octanol–water partition coefficient (Wildman–Crippen LogP) is 3.47. The lowest BCUT2D eigenvalue weighted by Gasteiger charge is -2.34. The quantitative estimate of drug-likeness (QED) is 0.761. The molecular formula is C14H24Cl2N2O2S2. The minimum atomic E-state index is -3.40. The maximum Gasteiger partial charge on any atom is 0.250 e. The molecule has 1 aliphatic rings. The van der Waals surface area contributed by atoms with Crippen LogP contribution < -0.4 is 4.72 Å². The van der Waals surface area contributed by atoms with Crippen molar-refractivity contribution in [2.24, 2.45) is 11.8 Å². The molecule has 1 aromatic heterocycles. The second-order valence-electron chi connectivity index (χ2n) is 6.02. The number of hydrogen-bond acceptors (Lipinski definition) is 4. The molecule has 4 nitrogen and oxygen atoms in total. The van der Waals surface area contributed by atoms with Gasteiger partial charge in [-0.25, -0.2) is 13.1 Å². The first-order chi connectivity index (χ1) is 9.87. The number of nitrogens with zero attached hydrogens (tertiary/aromatic N) is 1. The van der Waals surface area contributed by atoms with Crippen molar-refractivity contribution < 1.29 is 8.42 Å². The van der Waals surface area contributed by atoms with Crippen LogP contribution in [0.4, 0.5) is 0 Å². The Morgan fingerprint density at radius 2 is 1.95 bits per heavy atom. The van der Waals surface area contributed by atoms with E-state index in [9.17, 15) is 8.42 Å². The summed E-state index contributed by atoms with van der Waals surface area (Å²) in [7, 11) is -3.40. The molecule has 1 fully saturated rings. The third-order valence-electron chi connectivity index (χ3n) is 3.70. The highest BCUT2D eigenvalue weighted by atomic mass is 35.5. The van der Waals surface area contributed by atoms with Crippen molar-refractivity contribution in [3.05, 3.63) is 16.5 Å². The van der Waals surface area contributed by atoms with Crippen LogP contribution in [0.3, 0.4) is 0 Å². The zero-order valence-electron chi connectivity index (χ0n) is 12.9. The highest BCUT2D eigenvalue weighted by Crippen LogP contribution is 2.25. The van der Waals surface area contributed by atoms with Crippen molar-refractivity contribution in [1.29, 1.82) is 0 Å². The molecule has 0 bridgehead atoms. The molecule has 2 rings (SSSR count). The Labute approximate surface area is 148 Å². The minimum Gasteiger partial charge on any atom is -0.303 e. The molecule has 1 aromatic rings. The Morgan fingerprint density at radius 1 is 1.32 bits per heavy atom. The van der Waals surface area contributed by atoms with E-state index in [4.69, 9.17) is 11.6 Å². The minimum absolute atomic E-state index is 0. The molecule has 1 N–H and O–H groups in total. The molecule has 0 saturated carbocycles. The van der Waals surface area contributed by atoms with Crippen molar-refractivity contribution in [2.75, 3.05) is 26.2 Å². The molecule has 0 amide bonds. The van der Waals surface area contributed by atoms with Crippen molar-refractivity contribution in [1.82, 2.24) is 9.62 Å². The summed E-state index contributed by atoms with van der Waals surface area (Å²) < 4.78 is 27.5. The Bertz CT molecular complexity index is 553. The summed E-state index contributed by atoms with van der Waals surface area (Å²) in [5.74, 6) is 1.47. The van der Waals surface area contributed by atoms with E-state index in [1.165, 1.54) is 6.42 Å². The van der Waals surface area contributed by atoms with Gasteiger partial charge >= 0.3 is 0 Å². The first-order valence-electron chi connectivity index (χ1n) is 7.34. The van der Waals surface area contributed by atoms with Gasteiger partial charge in [-0.15, -0.1) is 23.7 Å². The van der Waals surface area contributed by atoms with Gasteiger partial charge < -0.3 is 4.90 Å². The van der Waals surface area contributed by atoms with E-state index in [0.717, 1.165) is 49.2 Å². The molecule has 0 aromatic carbocycles. The zero-order valence-corrected chi connectivity index (χ0v) is 16.1. The van der Waals surface area contributed by atoms with Gasteiger partial charge in [0, 0.05) is 19.6 Å². The molecule has 128 valence electrons. The molecular weight excluding hydrogens is 363 g/mol. The largest absolute Gasteiger partial charge is 0.303 e. The second-order valence-corrected chi connectivity index (χ2v) is 9.72. The lowest BCUT2D eigenvalue weighted by atomic mass is 9.92. The first kappa shape index (κ1) is 20.2. The van der Waals surface area contributed by atoms with Gasteiger partial charge in [0.15, 0.2) is 0 Å². The normalized spacial score (nSPS) is 23.2. The van der Waals surface area contributed by atoms with Crippen molar-refractivity contribution in [2.45, 2.75) is 30.9 Å². The van der Waals surface area contributed by atoms with E-state index in [0.29, 0.717) is 10.9 Å². The molecule has 2 heterocycles. The number of thiophene rings is 1. The summed E-state index contributed by atoms with van der Waals surface area (Å²) in [4.78, 5) is 2.44. The summed E-state index contributed by atoms with van der Waals surface area (Å²) in [5, 5.41) is 0. The van der Waals surface area contributed by atoms with Crippen molar-refractivity contribution in [3.8, 4) is 0 Å². The maximum absolute atomic E-state index is 12.0. The highest BCUT2D eigenvalue weighted by molar-refractivity contribution is 7.91. The standard InChI is InChI=1S/C14H23ClN2O2S2.ClH/c1-11-8-12(2)10-17(9-11)7-3-6-16-21(18,19)14-5-4-13(15)20-14;/h4-5,11-12,16H,3,6-10H2,1-2H3;1H. The van der Waals surface area contributed by atoms with Crippen LogP contribution in [0.2, 0.25) is 4.34 Å². The Hall–Kier alpha value is 0.150. The van der Waals surface area contributed by atoms with Gasteiger partial charge in [0.25, 0.3) is 0 Å². The summed E-state index contributed by atoms with van der Waals surface area (Å²) in [6.45, 7) is 8.23. The smallest absolute Gasteiger partial charge is 0.250 e. The van der Waals surface area contributed by atoms with Crippen LogP contribution in [-0.2, 0) is 10.0 Å². The molecule has 2 atom stereocenters. The van der Waals surface area contributed by atoms with Gasteiger partial charge in [-0.2, -0.15) is 0 Å². The van der Waals surface area contributed by atoms with Crippen LogP contribution in [0.5, 0.6) is 0 Å². The number of piperidine rings is 1. The van der Waals surface area contributed by atoms with E-state index in [-0.39, 0.29) is 16.6 Å². The monoisotopic (exact) mass is 386 g/mol. The molecule has 0 aliphatic carbocycles. The lowest BCUT2D eigenvalue weighted by molar-refractivity contribution is 0.140. The number of rotatable bonds is 6. The highest BCUT2D eigenvalue weighted by Gasteiger charge is 2.21. The molecule has 2 unspecified atom stereocenters. The van der Waals surface area contributed by atoms with Crippen molar-refractivity contribution in [3.63, 3.8) is 0 Å². The van der Waals surface area contributed by atoms with Gasteiger partial charge in [0.05, 0.1) is 4.34 Å². The van der Waals surface area contributed by atoms with Gasteiger partial charge in [-0.05, 0) is 43.4 Å². The summed E-state index contributed by atoms with van der Waals surface area (Å²) in [6.07, 6.45) is 2.13. The van der Waals surface area contributed by atoms with E-state index in [1.807, 2.05) is 0 Å². The fourth-order valence-corrected chi connectivity index (χ4v) is 5.60. The third kappa shape index (κ3) is 5.98. The van der Waals surface area contributed by atoms with Gasteiger partial charge in [-0.1, -0.05) is 25.4 Å². The molecule has 22 heavy (non-hydrogen) atoms. The average Bonchev–Trinajstić information content (AvgIpc) is 2.81. The molecule has 1 aliphatic heterocycles. The number of nitrogens with one attached hydrogen (secondary N) is 1. The number of halogens is 2. The first-order valence-corrected chi connectivity index (χ1v) is 10.0. The van der Waals surface area contributed by atoms with Crippen LogP contribution in [-0.4, -0.2) is 39.5 Å². The van der Waals surface area contributed by atoms with Crippen LogP contribution in [0, 0.1) is 11.8 Å². The van der Waals surface area contributed by atoms with Gasteiger partial charge in [0.2, 0.25) is 10.0 Å². The summed E-state index contributed by atoms with van der Waals surface area (Å²) >= 11 is 6.86. The average molecular weight is 387 g/mol. The maximum atomic E-state index is 12.0. The molecule has 8 heteroatoms. The van der Waals surface area contributed by atoms with Gasteiger partial charge in [-0.3, -0.25) is 0 Å². The number of hydrogen-bond donors (Lipinski definition) is 1. The molecule has 1 saturated heterocycles. The van der Waals surface area contributed by atoms with Crippen LogP contribution in [0.15, 0.2) is 16.3 Å². The summed E-state index contributed by atoms with van der Waals surface area (Å²) in [6, 6.07) is 3.15. The second kappa shape index (κ2) is 8.85. The van der Waals surface area contributed by atoms with Crippen molar-refractivity contribution >= 4 is 45.4 Å². The zero-order chi connectivity index (χ0) is 15.5. The number of sulfonamides is 1. The van der Waals surface area contributed by atoms with Crippen LogP contribution in [0.25, 0.3) is 0 Å². The van der Waals surface area contributed by atoms with Crippen LogP contribution >= 0.6 is 35.3 Å². The van der Waals surface area contributed by atoms with Gasteiger partial charge in [0.1, 0.15) is 4.21 Å². The predicted molar refractivity (Wildman–Crippen MR) is 95.8 cm³/mol. The van der Waals surface area contributed by atoms with Crippen LogP contribution in [0.1, 0.15) is 26.7 Å². The Balaban J connectivity index is 0.00000242. The Kier molecular flexibility index (Phi) is 8.12. The SMILES string of the molecule is CC1CC(C)CN(CCCNS(=O)(=O)c2ccc(Cl)s2)C1.Cl. The van der Waals surface area contributed by atoms with E-state index in [1.54, 1.807) is 12.1 Å². The van der Waals surface area contributed by atoms with E-state index in [2.05, 4.69) is 23.5 Å². The summed E-state index contributed by atoms with van der Waals surface area (Å²) in [5.41, 5.74) is 0. The lowest BCUT2D eigenvalue weighted by Crippen LogP contribution is -2.40. The van der Waals surface area contributed by atoms with E-state index >= 15 is 0 Å². The molecule has 0 spiro atoms. The fourth-order valence-electron chi connectivity index (χ4n) is 3.00. The molecule has 0 radical (unpaired) electrons.